The largest absolute Gasteiger partial charge is 0.361 e. The molecule has 5 heterocycles. The van der Waals surface area contributed by atoms with Gasteiger partial charge < -0.3 is 9.09 Å². The molecule has 6 rings (SSSR count). The lowest BCUT2D eigenvalue weighted by molar-refractivity contribution is 0.393. The second-order valence-electron chi connectivity index (χ2n) is 9.36. The van der Waals surface area contributed by atoms with Crippen molar-refractivity contribution in [2.24, 2.45) is 0 Å². The molecule has 6 aromatic rings. The van der Waals surface area contributed by atoms with E-state index in [1.165, 1.54) is 0 Å². The fourth-order valence-electron chi connectivity index (χ4n) is 5.20. The first kappa shape index (κ1) is 23.3. The molecule has 0 aliphatic rings. The minimum absolute atomic E-state index is 0.584. The third-order valence-corrected chi connectivity index (χ3v) is 7.11. The van der Waals surface area contributed by atoms with Crippen molar-refractivity contribution in [3.05, 3.63) is 120 Å². The Morgan fingerprint density at radius 3 is 2.16 bits per heavy atom. The second-order valence-corrected chi connectivity index (χ2v) is 9.36. The van der Waals surface area contributed by atoms with Gasteiger partial charge in [0.2, 0.25) is 0 Å². The molecule has 7 nitrogen and oxygen atoms in total. The van der Waals surface area contributed by atoms with E-state index in [2.05, 4.69) is 35.0 Å². The minimum Gasteiger partial charge on any atom is -0.361 e. The van der Waals surface area contributed by atoms with Gasteiger partial charge in [0, 0.05) is 47.0 Å². The highest BCUT2D eigenvalue weighted by molar-refractivity contribution is 5.96. The maximum atomic E-state index is 9.89. The molecular formula is C31H24N6O. The number of nitrogens with zero attached hydrogens (tertiary/aromatic N) is 6. The highest BCUT2D eigenvalue weighted by Gasteiger charge is 2.36. The number of aryl methyl sites for hydroxylation is 2. The normalized spacial score (nSPS) is 11.5. The second kappa shape index (κ2) is 9.09. The van der Waals surface area contributed by atoms with Crippen molar-refractivity contribution in [2.45, 2.75) is 26.3 Å². The molecule has 0 atom stereocenters. The summed E-state index contributed by atoms with van der Waals surface area (Å²) in [7, 11) is 0. The van der Waals surface area contributed by atoms with Crippen LogP contribution in [0.15, 0.2) is 96.0 Å². The first-order valence-electron chi connectivity index (χ1n) is 12.3. The molecule has 0 saturated heterocycles. The Hall–Kier alpha value is -5.09. The number of fused-ring (bicyclic) bond motifs is 1. The average molecular weight is 497 g/mol. The zero-order valence-corrected chi connectivity index (χ0v) is 21.3. The zero-order valence-electron chi connectivity index (χ0n) is 21.3. The van der Waals surface area contributed by atoms with Crippen LogP contribution in [-0.2, 0) is 5.54 Å². The molecule has 7 heteroatoms. The van der Waals surface area contributed by atoms with Crippen LogP contribution in [0.2, 0.25) is 0 Å². The minimum atomic E-state index is -0.778. The molecule has 38 heavy (non-hydrogen) atoms. The van der Waals surface area contributed by atoms with E-state index >= 15 is 0 Å². The number of nitriles is 1. The van der Waals surface area contributed by atoms with Gasteiger partial charge in [0.25, 0.3) is 0 Å². The number of aromatic nitrogens is 5. The van der Waals surface area contributed by atoms with Crippen molar-refractivity contribution in [3.63, 3.8) is 0 Å². The van der Waals surface area contributed by atoms with E-state index in [0.717, 1.165) is 56.1 Å². The van der Waals surface area contributed by atoms with E-state index in [9.17, 15) is 5.26 Å². The molecule has 184 valence electrons. The van der Waals surface area contributed by atoms with Gasteiger partial charge in [-0.15, -0.1) is 0 Å². The molecule has 0 aliphatic heterocycles. The average Bonchev–Trinajstić information content (AvgIpc) is 3.52. The molecule has 0 saturated carbocycles. The number of rotatable bonds is 5. The number of pyridine rings is 3. The Kier molecular flexibility index (Phi) is 5.58. The van der Waals surface area contributed by atoms with E-state index in [1.54, 1.807) is 12.4 Å². The fraction of sp³-hybridized carbons (Fsp3) is 0.129. The van der Waals surface area contributed by atoms with Crippen LogP contribution >= 0.6 is 0 Å². The van der Waals surface area contributed by atoms with Crippen LogP contribution in [0, 0.1) is 25.2 Å². The van der Waals surface area contributed by atoms with Gasteiger partial charge in [-0.2, -0.15) is 5.26 Å². The standard InChI is InChI=1S/C31H24N6O/c1-20-29(21(2)38-36-20)23-16-26-30(35-18-23)25(24-11-5-4-10-22(24)17-32)19-37(26)31(3,27-12-6-8-14-33-27)28-13-7-9-15-34-28/h4-16,18-19H,1-3H3. The predicted octanol–water partition coefficient (Wildman–Crippen LogP) is 6.45. The van der Waals surface area contributed by atoms with Gasteiger partial charge in [-0.05, 0) is 57.2 Å². The molecule has 0 radical (unpaired) electrons. The maximum absolute atomic E-state index is 9.89. The summed E-state index contributed by atoms with van der Waals surface area (Å²) in [4.78, 5) is 14.5. The monoisotopic (exact) mass is 496 g/mol. The van der Waals surface area contributed by atoms with Crippen LogP contribution in [0.5, 0.6) is 0 Å². The Labute approximate surface area is 220 Å². The molecule has 0 aliphatic carbocycles. The maximum Gasteiger partial charge on any atom is 0.141 e. The van der Waals surface area contributed by atoms with Crippen molar-refractivity contribution in [1.29, 1.82) is 5.26 Å². The highest BCUT2D eigenvalue weighted by Crippen LogP contribution is 2.41. The quantitative estimate of drug-likeness (QED) is 0.272. The smallest absolute Gasteiger partial charge is 0.141 e. The van der Waals surface area contributed by atoms with Gasteiger partial charge in [-0.25, -0.2) is 0 Å². The van der Waals surface area contributed by atoms with E-state index in [0.29, 0.717) is 5.56 Å². The van der Waals surface area contributed by atoms with Crippen molar-refractivity contribution < 1.29 is 4.52 Å². The van der Waals surface area contributed by atoms with Crippen molar-refractivity contribution in [3.8, 4) is 28.3 Å². The van der Waals surface area contributed by atoms with E-state index in [4.69, 9.17) is 19.5 Å². The van der Waals surface area contributed by atoms with E-state index in [1.807, 2.05) is 80.7 Å². The third kappa shape index (κ3) is 3.58. The van der Waals surface area contributed by atoms with Crippen LogP contribution in [0.3, 0.4) is 0 Å². The van der Waals surface area contributed by atoms with E-state index < -0.39 is 5.54 Å². The van der Waals surface area contributed by atoms with Crippen LogP contribution in [-0.4, -0.2) is 24.7 Å². The van der Waals surface area contributed by atoms with Crippen molar-refractivity contribution in [1.82, 2.24) is 24.7 Å². The molecule has 0 fully saturated rings. The molecule has 0 bridgehead atoms. The first-order valence-corrected chi connectivity index (χ1v) is 12.3. The van der Waals surface area contributed by atoms with Gasteiger partial charge in [0.15, 0.2) is 0 Å². The van der Waals surface area contributed by atoms with Crippen LogP contribution in [0.4, 0.5) is 0 Å². The Balaban J connectivity index is 1.73. The van der Waals surface area contributed by atoms with Gasteiger partial charge in [0.1, 0.15) is 11.3 Å². The third-order valence-electron chi connectivity index (χ3n) is 7.11. The molecule has 1 aromatic carbocycles. The summed E-state index contributed by atoms with van der Waals surface area (Å²) in [5, 5.41) is 14.0. The van der Waals surface area contributed by atoms with Gasteiger partial charge in [-0.3, -0.25) is 15.0 Å². The fourth-order valence-corrected chi connectivity index (χ4v) is 5.20. The highest BCUT2D eigenvalue weighted by atomic mass is 16.5. The molecule has 0 N–H and O–H groups in total. The van der Waals surface area contributed by atoms with Crippen molar-refractivity contribution >= 4 is 11.0 Å². The summed E-state index contributed by atoms with van der Waals surface area (Å²) < 4.78 is 7.63. The summed E-state index contributed by atoms with van der Waals surface area (Å²) in [6.45, 7) is 5.94. The zero-order chi connectivity index (χ0) is 26.3. The SMILES string of the molecule is Cc1noc(C)c1-c1cnc2c(-c3ccccc3C#N)cn(C(C)(c3ccccn3)c3ccccn3)c2c1. The number of hydrogen-bond acceptors (Lipinski definition) is 6. The topological polar surface area (TPSA) is 93.4 Å². The summed E-state index contributed by atoms with van der Waals surface area (Å²) in [5.41, 5.74) is 7.43. The van der Waals surface area contributed by atoms with E-state index in [-0.39, 0.29) is 0 Å². The van der Waals surface area contributed by atoms with Crippen LogP contribution < -0.4 is 0 Å². The summed E-state index contributed by atoms with van der Waals surface area (Å²) in [6, 6.07) is 23.8. The Bertz CT molecular complexity index is 1750. The molecule has 0 spiro atoms. The molecule has 5 aromatic heterocycles. The lowest BCUT2D eigenvalue weighted by Gasteiger charge is -2.31. The lowest BCUT2D eigenvalue weighted by atomic mass is 9.91. The van der Waals surface area contributed by atoms with Crippen molar-refractivity contribution in [2.75, 3.05) is 0 Å². The van der Waals surface area contributed by atoms with Gasteiger partial charge in [-0.1, -0.05) is 35.5 Å². The lowest BCUT2D eigenvalue weighted by Crippen LogP contribution is -2.34. The van der Waals surface area contributed by atoms with Gasteiger partial charge in [0.05, 0.1) is 39.7 Å². The summed E-state index contributed by atoms with van der Waals surface area (Å²) in [5.74, 6) is 0.731. The summed E-state index contributed by atoms with van der Waals surface area (Å²) in [6.07, 6.45) is 7.49. The van der Waals surface area contributed by atoms with Crippen LogP contribution in [0.25, 0.3) is 33.3 Å². The molecular weight excluding hydrogens is 472 g/mol. The molecule has 0 unspecified atom stereocenters. The summed E-state index contributed by atoms with van der Waals surface area (Å²) >= 11 is 0. The predicted molar refractivity (Wildman–Crippen MR) is 145 cm³/mol. The Morgan fingerprint density at radius 2 is 1.55 bits per heavy atom. The van der Waals surface area contributed by atoms with Gasteiger partial charge >= 0.3 is 0 Å². The Morgan fingerprint density at radius 1 is 0.868 bits per heavy atom. The molecule has 0 amide bonds. The number of hydrogen-bond donors (Lipinski definition) is 0. The number of benzene rings is 1. The van der Waals surface area contributed by atoms with Crippen LogP contribution in [0.1, 0.15) is 35.3 Å². The first-order chi connectivity index (χ1) is 18.5.